The maximum atomic E-state index is 10.2. The lowest BCUT2D eigenvalue weighted by Crippen LogP contribution is -2.25. The molecule has 0 saturated heterocycles. The highest BCUT2D eigenvalue weighted by Gasteiger charge is 2.05. The first-order chi connectivity index (χ1) is 11.6. The summed E-state index contributed by atoms with van der Waals surface area (Å²) in [4.78, 5) is 10.2. The monoisotopic (exact) mass is 371 g/mol. The summed E-state index contributed by atoms with van der Waals surface area (Å²) < 4.78 is 31.6. The summed E-state index contributed by atoms with van der Waals surface area (Å²) in [5, 5.41) is 18.2. The number of aryl methyl sites for hydroxylation is 1. The Balaban J connectivity index is 0.000000382. The fourth-order valence-corrected chi connectivity index (χ4v) is 1.53. The molecule has 4 N–H and O–H groups in total. The van der Waals surface area contributed by atoms with Crippen LogP contribution >= 0.6 is 0 Å². The summed E-state index contributed by atoms with van der Waals surface area (Å²) >= 11 is 0. The number of carboxylic acid groups (broad SMARTS) is 1. The zero-order valence-electron chi connectivity index (χ0n) is 13.6. The minimum absolute atomic E-state index is 0.413. The van der Waals surface area contributed by atoms with Gasteiger partial charge in [0.25, 0.3) is 0 Å². The molecule has 0 aliphatic heterocycles. The van der Waals surface area contributed by atoms with Crippen LogP contribution in [0, 0.1) is 0 Å². The first kappa shape index (κ1) is 22.5. The second-order valence-electron chi connectivity index (χ2n) is 4.57. The average molecular weight is 371 g/mol. The minimum Gasteiger partial charge on any atom is -0.480 e. The van der Waals surface area contributed by atoms with Crippen LogP contribution in [0.3, 0.4) is 0 Å². The van der Waals surface area contributed by atoms with Gasteiger partial charge in [-0.15, -0.1) is 0 Å². The molecule has 0 spiro atoms. The molecule has 25 heavy (non-hydrogen) atoms. The van der Waals surface area contributed by atoms with E-state index in [0.29, 0.717) is 10.8 Å². The van der Waals surface area contributed by atoms with Gasteiger partial charge in [0, 0.05) is 0 Å². The molecule has 2 aromatic rings. The standard InChI is InChI=1S/C8H9NO3.C8H10.H2O4S/c10-8(11)6-9(12)7-4-2-1-3-5-7;1-2-8-6-4-3-5-7-8;1-5(2,3)4/h1-5,12H,6H2,(H,10,11);3-7H,2H2,1H3;(H2,1,2,3,4). The number of anilines is 1. The number of carboxylic acids is 1. The van der Waals surface area contributed by atoms with E-state index in [0.717, 1.165) is 6.42 Å². The van der Waals surface area contributed by atoms with E-state index in [9.17, 15) is 4.79 Å². The number of rotatable bonds is 4. The minimum atomic E-state index is -4.67. The molecule has 2 aromatic carbocycles. The normalized spacial score (nSPS) is 9.76. The van der Waals surface area contributed by atoms with E-state index >= 15 is 0 Å². The Hall–Kier alpha value is -2.46. The second kappa shape index (κ2) is 12.0. The largest absolute Gasteiger partial charge is 0.480 e. The summed E-state index contributed by atoms with van der Waals surface area (Å²) in [5.74, 6) is -1.07. The molecular weight excluding hydrogens is 350 g/mol. The lowest BCUT2D eigenvalue weighted by molar-refractivity contribution is -0.136. The number of benzene rings is 2. The Bertz CT molecular complexity index is 698. The summed E-state index contributed by atoms with van der Waals surface area (Å²) in [6.07, 6.45) is 1.14. The van der Waals surface area contributed by atoms with Crippen molar-refractivity contribution in [2.24, 2.45) is 0 Å². The Labute approximate surface area is 146 Å². The fourth-order valence-electron chi connectivity index (χ4n) is 1.53. The molecule has 0 aromatic heterocycles. The summed E-state index contributed by atoms with van der Waals surface area (Å²) in [6.45, 7) is 1.75. The van der Waals surface area contributed by atoms with Gasteiger partial charge in [0.1, 0.15) is 6.54 Å². The predicted octanol–water partition coefficient (Wildman–Crippen LogP) is 2.56. The Morgan fingerprint density at radius 2 is 1.36 bits per heavy atom. The molecular formula is C16H21NO7S. The zero-order valence-corrected chi connectivity index (χ0v) is 14.4. The molecule has 138 valence electrons. The topological polar surface area (TPSA) is 135 Å². The maximum Gasteiger partial charge on any atom is 0.394 e. The molecule has 0 atom stereocenters. The van der Waals surface area contributed by atoms with Crippen molar-refractivity contribution in [3.05, 3.63) is 66.2 Å². The molecule has 0 fully saturated rings. The summed E-state index contributed by atoms with van der Waals surface area (Å²) in [6, 6.07) is 18.9. The van der Waals surface area contributed by atoms with E-state index in [1.165, 1.54) is 5.56 Å². The summed E-state index contributed by atoms with van der Waals surface area (Å²) in [7, 11) is -4.67. The van der Waals surface area contributed by atoms with Gasteiger partial charge in [-0.1, -0.05) is 55.5 Å². The third-order valence-corrected chi connectivity index (χ3v) is 2.59. The van der Waals surface area contributed by atoms with E-state index in [4.69, 9.17) is 27.8 Å². The Morgan fingerprint density at radius 1 is 0.960 bits per heavy atom. The highest BCUT2D eigenvalue weighted by atomic mass is 32.3. The smallest absolute Gasteiger partial charge is 0.394 e. The third-order valence-electron chi connectivity index (χ3n) is 2.59. The van der Waals surface area contributed by atoms with Crippen molar-refractivity contribution in [3.8, 4) is 0 Å². The number of carbonyl (C=O) groups is 1. The average Bonchev–Trinajstić information content (AvgIpc) is 2.55. The van der Waals surface area contributed by atoms with Gasteiger partial charge in [0.15, 0.2) is 0 Å². The molecule has 0 aliphatic rings. The van der Waals surface area contributed by atoms with E-state index in [1.807, 2.05) is 6.07 Å². The van der Waals surface area contributed by atoms with Gasteiger partial charge in [0.05, 0.1) is 5.69 Å². The lowest BCUT2D eigenvalue weighted by atomic mass is 10.2. The molecule has 8 nitrogen and oxygen atoms in total. The van der Waals surface area contributed by atoms with Crippen molar-refractivity contribution in [1.82, 2.24) is 0 Å². The van der Waals surface area contributed by atoms with Crippen LogP contribution in [0.25, 0.3) is 0 Å². The molecule has 0 aliphatic carbocycles. The maximum absolute atomic E-state index is 10.2. The van der Waals surface area contributed by atoms with Crippen molar-refractivity contribution in [2.45, 2.75) is 13.3 Å². The molecule has 9 heteroatoms. The van der Waals surface area contributed by atoms with Gasteiger partial charge in [-0.05, 0) is 24.1 Å². The van der Waals surface area contributed by atoms with Gasteiger partial charge in [-0.25, -0.2) is 5.06 Å². The highest BCUT2D eigenvalue weighted by Crippen LogP contribution is 2.09. The number of hydrogen-bond acceptors (Lipinski definition) is 5. The van der Waals surface area contributed by atoms with Crippen LogP contribution in [-0.4, -0.2) is 40.4 Å². The third kappa shape index (κ3) is 14.8. The fraction of sp³-hybridized carbons (Fsp3) is 0.188. The number of hydroxylamine groups is 1. The SMILES string of the molecule is CCc1ccccc1.O=C(O)CN(O)c1ccccc1.O=S(=O)(O)O. The van der Waals surface area contributed by atoms with E-state index < -0.39 is 22.9 Å². The predicted molar refractivity (Wildman–Crippen MR) is 93.2 cm³/mol. The summed E-state index contributed by atoms with van der Waals surface area (Å²) in [5.41, 5.74) is 1.88. The van der Waals surface area contributed by atoms with Crippen molar-refractivity contribution in [2.75, 3.05) is 11.6 Å². The quantitative estimate of drug-likeness (QED) is 0.476. The van der Waals surface area contributed by atoms with Gasteiger partial charge in [-0.2, -0.15) is 8.42 Å². The van der Waals surface area contributed by atoms with Gasteiger partial charge < -0.3 is 5.11 Å². The number of para-hydroxylation sites is 1. The van der Waals surface area contributed by atoms with Gasteiger partial charge in [-0.3, -0.25) is 19.1 Å². The second-order valence-corrected chi connectivity index (χ2v) is 5.47. The van der Waals surface area contributed by atoms with Crippen molar-refractivity contribution >= 4 is 22.1 Å². The molecule has 0 amide bonds. The Kier molecular flexibility index (Phi) is 10.8. The molecule has 0 unspecified atom stereocenters. The van der Waals surface area contributed by atoms with Crippen LogP contribution in [0.5, 0.6) is 0 Å². The molecule has 0 bridgehead atoms. The Morgan fingerprint density at radius 3 is 1.68 bits per heavy atom. The molecule has 0 heterocycles. The van der Waals surface area contributed by atoms with Crippen LogP contribution in [0.2, 0.25) is 0 Å². The van der Waals surface area contributed by atoms with E-state index in [2.05, 4.69) is 31.2 Å². The lowest BCUT2D eigenvalue weighted by Gasteiger charge is -2.13. The molecule has 2 rings (SSSR count). The van der Waals surface area contributed by atoms with Crippen molar-refractivity contribution in [1.29, 1.82) is 0 Å². The molecule has 0 radical (unpaired) electrons. The van der Waals surface area contributed by atoms with Crippen molar-refractivity contribution < 1.29 is 32.6 Å². The molecule has 0 saturated carbocycles. The van der Waals surface area contributed by atoms with Crippen LogP contribution in [0.4, 0.5) is 5.69 Å². The van der Waals surface area contributed by atoms with E-state index in [-0.39, 0.29) is 0 Å². The van der Waals surface area contributed by atoms with Crippen LogP contribution in [-0.2, 0) is 21.6 Å². The number of aliphatic carboxylic acids is 1. The number of nitrogens with zero attached hydrogens (tertiary/aromatic N) is 1. The first-order valence-corrected chi connectivity index (χ1v) is 8.50. The van der Waals surface area contributed by atoms with Gasteiger partial charge >= 0.3 is 16.4 Å². The van der Waals surface area contributed by atoms with Crippen LogP contribution in [0.15, 0.2) is 60.7 Å². The van der Waals surface area contributed by atoms with Gasteiger partial charge in [0.2, 0.25) is 0 Å². The van der Waals surface area contributed by atoms with Crippen LogP contribution < -0.4 is 5.06 Å². The van der Waals surface area contributed by atoms with E-state index in [1.54, 1.807) is 30.3 Å². The highest BCUT2D eigenvalue weighted by molar-refractivity contribution is 7.79. The first-order valence-electron chi connectivity index (χ1n) is 7.10. The van der Waals surface area contributed by atoms with Crippen LogP contribution in [0.1, 0.15) is 12.5 Å². The van der Waals surface area contributed by atoms with Crippen molar-refractivity contribution in [3.63, 3.8) is 0 Å². The zero-order chi connectivity index (χ0) is 19.3. The number of hydrogen-bond donors (Lipinski definition) is 4.